The summed E-state index contributed by atoms with van der Waals surface area (Å²) in [5, 5.41) is 3.91. The summed E-state index contributed by atoms with van der Waals surface area (Å²) in [4.78, 5) is 0. The van der Waals surface area contributed by atoms with E-state index < -0.39 is 0 Å². The van der Waals surface area contributed by atoms with Crippen LogP contribution in [-0.2, 0) is 5.41 Å². The Morgan fingerprint density at radius 3 is 1.69 bits per heavy atom. The standard InChI is InChI=1S/C51H30N2S/c1-6-18-40-33(13-1)34-14-2-7-19-41(34)51(40)42-20-8-3-15-35(42)39-30-32(26-28-43(39)51)52-45-22-10-11-23-46(45)53-44-21-9-4-17-38(44)49(50(52)53)31-25-27-37-36-16-5-12-24-47(36)54-48(37)29-31/h1-30H. The molecule has 8 aromatic carbocycles. The molecular formula is C51H30N2S. The van der Waals surface area contributed by atoms with E-state index in [0.29, 0.717) is 0 Å². The van der Waals surface area contributed by atoms with Crippen molar-refractivity contribution in [2.75, 3.05) is 0 Å². The minimum Gasteiger partial charge on any atom is -0.293 e. The maximum absolute atomic E-state index is 2.52. The van der Waals surface area contributed by atoms with Gasteiger partial charge in [0, 0.05) is 36.8 Å². The normalized spacial score (nSPS) is 13.7. The number of aromatic nitrogens is 2. The van der Waals surface area contributed by atoms with Gasteiger partial charge in [0.25, 0.3) is 0 Å². The summed E-state index contributed by atoms with van der Waals surface area (Å²) in [5.41, 5.74) is 18.8. The molecule has 2 aliphatic carbocycles. The molecule has 0 radical (unpaired) electrons. The molecule has 0 unspecified atom stereocenters. The molecule has 0 bridgehead atoms. The lowest BCUT2D eigenvalue weighted by Crippen LogP contribution is -2.25. The van der Waals surface area contributed by atoms with Crippen LogP contribution in [0.4, 0.5) is 0 Å². The number of thiophene rings is 1. The third-order valence-corrected chi connectivity index (χ3v) is 13.5. The van der Waals surface area contributed by atoms with Crippen molar-refractivity contribution in [2.45, 2.75) is 5.41 Å². The molecule has 0 aliphatic heterocycles. The number of fused-ring (bicyclic) bond motifs is 18. The van der Waals surface area contributed by atoms with E-state index in [9.17, 15) is 0 Å². The van der Waals surface area contributed by atoms with Gasteiger partial charge >= 0.3 is 0 Å². The molecule has 3 aromatic heterocycles. The smallest absolute Gasteiger partial charge is 0.131 e. The highest BCUT2D eigenvalue weighted by Crippen LogP contribution is 2.63. The molecule has 54 heavy (non-hydrogen) atoms. The maximum atomic E-state index is 2.52. The van der Waals surface area contributed by atoms with Crippen LogP contribution in [0.25, 0.3) is 86.8 Å². The van der Waals surface area contributed by atoms with Crippen molar-refractivity contribution in [3.05, 3.63) is 204 Å². The third kappa shape index (κ3) is 3.42. The molecule has 2 aliphatic rings. The van der Waals surface area contributed by atoms with Crippen molar-refractivity contribution in [3.8, 4) is 39.1 Å². The van der Waals surface area contributed by atoms with Gasteiger partial charge in [0.15, 0.2) is 0 Å². The molecule has 2 nitrogen and oxygen atoms in total. The van der Waals surface area contributed by atoms with Gasteiger partial charge in [-0.2, -0.15) is 0 Å². The van der Waals surface area contributed by atoms with Crippen molar-refractivity contribution in [3.63, 3.8) is 0 Å². The summed E-state index contributed by atoms with van der Waals surface area (Å²) in [7, 11) is 0. The van der Waals surface area contributed by atoms with E-state index in [2.05, 4.69) is 191 Å². The van der Waals surface area contributed by atoms with Crippen LogP contribution in [0.5, 0.6) is 0 Å². The molecule has 13 rings (SSSR count). The Labute approximate surface area is 315 Å². The van der Waals surface area contributed by atoms with Crippen LogP contribution in [0.15, 0.2) is 182 Å². The highest BCUT2D eigenvalue weighted by atomic mass is 32.1. The molecule has 0 atom stereocenters. The molecule has 3 heterocycles. The molecule has 0 saturated carbocycles. The zero-order chi connectivity index (χ0) is 35.1. The number of rotatable bonds is 2. The molecule has 0 N–H and O–H groups in total. The molecule has 3 heteroatoms. The molecule has 1 spiro atoms. The number of hydrogen-bond acceptors (Lipinski definition) is 1. The van der Waals surface area contributed by atoms with E-state index in [-0.39, 0.29) is 5.41 Å². The molecule has 11 aromatic rings. The lowest BCUT2D eigenvalue weighted by atomic mass is 9.70. The van der Waals surface area contributed by atoms with Crippen molar-refractivity contribution in [2.24, 2.45) is 0 Å². The summed E-state index contributed by atoms with van der Waals surface area (Å²) in [5.74, 6) is 0. The molecule has 0 amide bonds. The zero-order valence-corrected chi connectivity index (χ0v) is 29.9. The Balaban J connectivity index is 1.13. The van der Waals surface area contributed by atoms with Gasteiger partial charge in [-0.25, -0.2) is 0 Å². The second-order valence-corrected chi connectivity index (χ2v) is 15.9. The predicted molar refractivity (Wildman–Crippen MR) is 226 cm³/mol. The maximum Gasteiger partial charge on any atom is 0.131 e. The molecule has 0 fully saturated rings. The fourth-order valence-electron chi connectivity index (χ4n) is 10.3. The fraction of sp³-hybridized carbons (Fsp3) is 0.0196. The zero-order valence-electron chi connectivity index (χ0n) is 29.1. The number of nitrogens with zero attached hydrogens (tertiary/aromatic N) is 2. The topological polar surface area (TPSA) is 9.34 Å². The average Bonchev–Trinajstić information content (AvgIpc) is 4.01. The summed E-state index contributed by atoms with van der Waals surface area (Å²) in [6.07, 6.45) is 0. The monoisotopic (exact) mass is 702 g/mol. The Kier molecular flexibility index (Phi) is 5.48. The first kappa shape index (κ1) is 28.9. The summed E-state index contributed by atoms with van der Waals surface area (Å²) >= 11 is 1.88. The number of hydrogen-bond donors (Lipinski definition) is 0. The highest BCUT2D eigenvalue weighted by Gasteiger charge is 2.51. The largest absolute Gasteiger partial charge is 0.293 e. The third-order valence-electron chi connectivity index (χ3n) is 12.3. The van der Waals surface area contributed by atoms with Crippen LogP contribution in [0.1, 0.15) is 22.3 Å². The van der Waals surface area contributed by atoms with Gasteiger partial charge in [0.05, 0.1) is 22.0 Å². The lowest BCUT2D eigenvalue weighted by Gasteiger charge is -2.30. The summed E-state index contributed by atoms with van der Waals surface area (Å²) in [6.45, 7) is 0. The van der Waals surface area contributed by atoms with Gasteiger partial charge in [-0.1, -0.05) is 140 Å². The quantitative estimate of drug-likeness (QED) is 0.170. The second-order valence-electron chi connectivity index (χ2n) is 14.8. The highest BCUT2D eigenvalue weighted by molar-refractivity contribution is 7.25. The van der Waals surface area contributed by atoms with Crippen LogP contribution >= 0.6 is 11.3 Å². The van der Waals surface area contributed by atoms with E-state index in [1.54, 1.807) is 0 Å². The fourth-order valence-corrected chi connectivity index (χ4v) is 11.4. The van der Waals surface area contributed by atoms with Crippen molar-refractivity contribution < 1.29 is 0 Å². The molecule has 0 saturated heterocycles. The van der Waals surface area contributed by atoms with Gasteiger partial charge in [0.2, 0.25) is 0 Å². The second kappa shape index (κ2) is 10.3. The minimum absolute atomic E-state index is 0.361. The first-order chi connectivity index (χ1) is 26.8. The number of imidazole rings is 1. The van der Waals surface area contributed by atoms with E-state index in [1.165, 1.54) is 109 Å². The number of para-hydroxylation sites is 3. The summed E-state index contributed by atoms with van der Waals surface area (Å²) < 4.78 is 7.65. The average molecular weight is 703 g/mol. The van der Waals surface area contributed by atoms with Crippen molar-refractivity contribution >= 4 is 59.1 Å². The van der Waals surface area contributed by atoms with Crippen molar-refractivity contribution in [1.82, 2.24) is 8.97 Å². The molecular weight excluding hydrogens is 673 g/mol. The summed E-state index contributed by atoms with van der Waals surface area (Å²) in [6, 6.07) is 68.1. The Morgan fingerprint density at radius 1 is 0.389 bits per heavy atom. The first-order valence-corrected chi connectivity index (χ1v) is 19.5. The van der Waals surface area contributed by atoms with Crippen LogP contribution in [0.2, 0.25) is 0 Å². The SMILES string of the molecule is c1ccc2c(c1)-c1ccccc1C21c2ccccc2-c2cc(-n3c4ccccc4n4c5ccccc5c(-c5ccc6c(c5)sc5ccccc56)c34)ccc21. The first-order valence-electron chi connectivity index (χ1n) is 18.7. The van der Waals surface area contributed by atoms with Crippen LogP contribution in [-0.4, -0.2) is 8.97 Å². The van der Waals surface area contributed by atoms with Crippen LogP contribution in [0.3, 0.4) is 0 Å². The van der Waals surface area contributed by atoms with Gasteiger partial charge in [0.1, 0.15) is 5.65 Å². The molecule has 250 valence electrons. The minimum atomic E-state index is -0.361. The van der Waals surface area contributed by atoms with Gasteiger partial charge in [-0.05, 0) is 92.5 Å². The lowest BCUT2D eigenvalue weighted by molar-refractivity contribution is 0.793. The predicted octanol–water partition coefficient (Wildman–Crippen LogP) is 13.4. The van der Waals surface area contributed by atoms with Crippen molar-refractivity contribution in [1.29, 1.82) is 0 Å². The Bertz CT molecular complexity index is 3360. The van der Waals surface area contributed by atoms with E-state index in [0.717, 1.165) is 0 Å². The Hall–Kier alpha value is -6.68. The van der Waals surface area contributed by atoms with E-state index >= 15 is 0 Å². The van der Waals surface area contributed by atoms with Gasteiger partial charge in [-0.15, -0.1) is 11.3 Å². The van der Waals surface area contributed by atoms with E-state index in [4.69, 9.17) is 0 Å². The van der Waals surface area contributed by atoms with Gasteiger partial charge < -0.3 is 0 Å². The number of benzene rings is 8. The van der Waals surface area contributed by atoms with E-state index in [1.807, 2.05) is 11.3 Å². The van der Waals surface area contributed by atoms with Gasteiger partial charge in [-0.3, -0.25) is 8.97 Å². The Morgan fingerprint density at radius 2 is 0.944 bits per heavy atom. The van der Waals surface area contributed by atoms with Crippen LogP contribution in [0, 0.1) is 0 Å². The van der Waals surface area contributed by atoms with Crippen LogP contribution < -0.4 is 0 Å².